The van der Waals surface area contributed by atoms with Crippen molar-refractivity contribution in [1.29, 1.82) is 0 Å². The summed E-state index contributed by atoms with van der Waals surface area (Å²) >= 11 is 0. The quantitative estimate of drug-likeness (QED) is 0.589. The summed E-state index contributed by atoms with van der Waals surface area (Å²) in [4.78, 5) is 0. The third-order valence-corrected chi connectivity index (χ3v) is 3.09. The van der Waals surface area contributed by atoms with Crippen molar-refractivity contribution in [2.75, 3.05) is 0 Å². The van der Waals surface area contributed by atoms with E-state index in [4.69, 9.17) is 0 Å². The van der Waals surface area contributed by atoms with Gasteiger partial charge in [0, 0.05) is 0 Å². The van der Waals surface area contributed by atoms with Crippen LogP contribution in [0.4, 0.5) is 0 Å². The highest BCUT2D eigenvalue weighted by Gasteiger charge is 2.24. The molecule has 0 N–H and O–H groups in total. The number of hydrogen-bond donors (Lipinski definition) is 0. The van der Waals surface area contributed by atoms with Gasteiger partial charge in [0.25, 0.3) is 0 Å². The molecule has 0 heterocycles. The maximum Gasteiger partial charge on any atom is -0.0136 e. The summed E-state index contributed by atoms with van der Waals surface area (Å²) in [6.07, 6.45) is 4.23. The Kier molecular flexibility index (Phi) is 2.16. The van der Waals surface area contributed by atoms with Crippen molar-refractivity contribution in [3.8, 4) is 0 Å². The van der Waals surface area contributed by atoms with Crippen molar-refractivity contribution in [3.05, 3.63) is 35.9 Å². The van der Waals surface area contributed by atoms with Gasteiger partial charge in [-0.3, -0.25) is 0 Å². The van der Waals surface area contributed by atoms with Crippen LogP contribution in [-0.2, 0) is 0 Å². The predicted molar refractivity (Wildman–Crippen MR) is 52.2 cm³/mol. The van der Waals surface area contributed by atoms with Crippen molar-refractivity contribution in [1.82, 2.24) is 0 Å². The Bertz CT molecular complexity index is 237. The topological polar surface area (TPSA) is 0 Å². The number of rotatable bonds is 1. The molecule has 0 nitrogen and oxygen atoms in total. The van der Waals surface area contributed by atoms with Gasteiger partial charge in [0.1, 0.15) is 0 Å². The molecule has 1 saturated carbocycles. The van der Waals surface area contributed by atoms with Crippen LogP contribution in [0, 0.1) is 5.92 Å². The molecule has 0 bridgehead atoms. The molecule has 1 aliphatic carbocycles. The minimum absolute atomic E-state index is 0.839. The van der Waals surface area contributed by atoms with Crippen LogP contribution in [0.25, 0.3) is 0 Å². The first-order valence-corrected chi connectivity index (χ1v) is 4.93. The molecule has 0 saturated heterocycles. The van der Waals surface area contributed by atoms with Gasteiger partial charge in [-0.25, -0.2) is 0 Å². The molecule has 0 aliphatic heterocycles. The summed E-state index contributed by atoms with van der Waals surface area (Å²) in [6, 6.07) is 10.9. The van der Waals surface area contributed by atoms with Crippen molar-refractivity contribution >= 4 is 0 Å². The zero-order valence-electron chi connectivity index (χ0n) is 7.66. The summed E-state index contributed by atoms with van der Waals surface area (Å²) in [7, 11) is 0. The molecule has 0 aromatic heterocycles. The van der Waals surface area contributed by atoms with Gasteiger partial charge in [-0.05, 0) is 23.8 Å². The largest absolute Gasteiger partial charge is 0.0622 e. The van der Waals surface area contributed by atoms with E-state index in [0.717, 1.165) is 11.8 Å². The van der Waals surface area contributed by atoms with E-state index >= 15 is 0 Å². The molecule has 64 valence electrons. The maximum atomic E-state index is 2.38. The van der Waals surface area contributed by atoms with Gasteiger partial charge < -0.3 is 0 Å². The fourth-order valence-corrected chi connectivity index (χ4v) is 2.34. The second-order valence-electron chi connectivity index (χ2n) is 3.93. The SMILES string of the molecule is C[C@H]1CCCC1c1ccccc1. The van der Waals surface area contributed by atoms with Crippen LogP contribution in [0.5, 0.6) is 0 Å². The van der Waals surface area contributed by atoms with Gasteiger partial charge >= 0.3 is 0 Å². The molecule has 1 fully saturated rings. The zero-order valence-corrected chi connectivity index (χ0v) is 7.66. The van der Waals surface area contributed by atoms with Crippen molar-refractivity contribution in [3.63, 3.8) is 0 Å². The van der Waals surface area contributed by atoms with Crippen molar-refractivity contribution < 1.29 is 0 Å². The van der Waals surface area contributed by atoms with Crippen LogP contribution in [-0.4, -0.2) is 0 Å². The monoisotopic (exact) mass is 160 g/mol. The van der Waals surface area contributed by atoms with E-state index in [0.29, 0.717) is 0 Å². The van der Waals surface area contributed by atoms with Crippen LogP contribution in [0.1, 0.15) is 37.7 Å². The Hall–Kier alpha value is -0.780. The Morgan fingerprint density at radius 3 is 2.42 bits per heavy atom. The second-order valence-corrected chi connectivity index (χ2v) is 3.93. The zero-order chi connectivity index (χ0) is 8.39. The lowest BCUT2D eigenvalue weighted by atomic mass is 9.90. The third-order valence-electron chi connectivity index (χ3n) is 3.09. The van der Waals surface area contributed by atoms with E-state index in [1.807, 2.05) is 0 Å². The average molecular weight is 160 g/mol. The molecule has 2 atom stereocenters. The van der Waals surface area contributed by atoms with E-state index in [9.17, 15) is 0 Å². The van der Waals surface area contributed by atoms with Gasteiger partial charge in [-0.15, -0.1) is 0 Å². The second kappa shape index (κ2) is 3.30. The normalized spacial score (nSPS) is 29.1. The molecule has 0 spiro atoms. The molecular formula is C12H16. The van der Waals surface area contributed by atoms with Crippen LogP contribution in [0.2, 0.25) is 0 Å². The number of benzene rings is 1. The molecule has 0 radical (unpaired) electrons. The highest BCUT2D eigenvalue weighted by atomic mass is 14.3. The molecule has 1 unspecified atom stereocenters. The minimum Gasteiger partial charge on any atom is -0.0622 e. The Morgan fingerprint density at radius 2 is 1.83 bits per heavy atom. The Balaban J connectivity index is 2.19. The van der Waals surface area contributed by atoms with Crippen molar-refractivity contribution in [2.24, 2.45) is 5.92 Å². The summed E-state index contributed by atoms with van der Waals surface area (Å²) in [5, 5.41) is 0. The maximum absolute atomic E-state index is 2.38. The van der Waals surface area contributed by atoms with Gasteiger partial charge in [0.15, 0.2) is 0 Å². The van der Waals surface area contributed by atoms with Crippen LogP contribution in [0.15, 0.2) is 30.3 Å². The lowest BCUT2D eigenvalue weighted by molar-refractivity contribution is 0.533. The van der Waals surface area contributed by atoms with Gasteiger partial charge in [0.05, 0.1) is 0 Å². The summed E-state index contributed by atoms with van der Waals surface area (Å²) < 4.78 is 0. The minimum atomic E-state index is 0.839. The standard InChI is InChI=1S/C12H16/c1-10-6-5-9-12(10)11-7-3-2-4-8-11/h2-4,7-8,10,12H,5-6,9H2,1H3/t10-,12?/m0/s1. The fourth-order valence-electron chi connectivity index (χ4n) is 2.34. The molecular weight excluding hydrogens is 144 g/mol. The summed E-state index contributed by atoms with van der Waals surface area (Å²) in [5.74, 6) is 1.73. The van der Waals surface area contributed by atoms with Crippen molar-refractivity contribution in [2.45, 2.75) is 32.1 Å². The van der Waals surface area contributed by atoms with Crippen LogP contribution in [0.3, 0.4) is 0 Å². The lowest BCUT2D eigenvalue weighted by Gasteiger charge is -2.14. The summed E-state index contributed by atoms with van der Waals surface area (Å²) in [6.45, 7) is 2.38. The lowest BCUT2D eigenvalue weighted by Crippen LogP contribution is -2.00. The Morgan fingerprint density at radius 1 is 1.08 bits per heavy atom. The van der Waals surface area contributed by atoms with E-state index < -0.39 is 0 Å². The van der Waals surface area contributed by atoms with E-state index in [-0.39, 0.29) is 0 Å². The van der Waals surface area contributed by atoms with Gasteiger partial charge in [0.2, 0.25) is 0 Å². The van der Waals surface area contributed by atoms with E-state index in [1.54, 1.807) is 5.56 Å². The number of hydrogen-bond acceptors (Lipinski definition) is 0. The van der Waals surface area contributed by atoms with E-state index in [1.165, 1.54) is 19.3 Å². The van der Waals surface area contributed by atoms with Gasteiger partial charge in [-0.1, -0.05) is 50.1 Å². The summed E-state index contributed by atoms with van der Waals surface area (Å²) in [5.41, 5.74) is 1.54. The first-order chi connectivity index (χ1) is 5.88. The van der Waals surface area contributed by atoms with Crippen LogP contribution < -0.4 is 0 Å². The van der Waals surface area contributed by atoms with Crippen LogP contribution >= 0.6 is 0 Å². The van der Waals surface area contributed by atoms with E-state index in [2.05, 4.69) is 37.3 Å². The molecule has 1 aromatic rings. The molecule has 12 heavy (non-hydrogen) atoms. The predicted octanol–water partition coefficient (Wildman–Crippen LogP) is 3.59. The molecule has 0 amide bonds. The first-order valence-electron chi connectivity index (χ1n) is 4.93. The van der Waals surface area contributed by atoms with Gasteiger partial charge in [-0.2, -0.15) is 0 Å². The highest BCUT2D eigenvalue weighted by molar-refractivity contribution is 5.20. The first kappa shape index (κ1) is 7.85. The average Bonchev–Trinajstić information content (AvgIpc) is 2.53. The highest BCUT2D eigenvalue weighted by Crippen LogP contribution is 2.38. The Labute approximate surface area is 74.6 Å². The molecule has 1 aromatic carbocycles. The molecule has 1 aliphatic rings. The third kappa shape index (κ3) is 1.38. The molecule has 2 rings (SSSR count). The fraction of sp³-hybridized carbons (Fsp3) is 0.500. The smallest absolute Gasteiger partial charge is 0.0136 e. The molecule has 0 heteroatoms.